The Labute approximate surface area is 140 Å². The molecule has 128 valence electrons. The van der Waals surface area contributed by atoms with Crippen molar-refractivity contribution in [1.82, 2.24) is 15.1 Å². The summed E-state index contributed by atoms with van der Waals surface area (Å²) in [6.45, 7) is 2.00. The molecule has 0 fully saturated rings. The van der Waals surface area contributed by atoms with Crippen molar-refractivity contribution in [3.05, 3.63) is 47.8 Å². The van der Waals surface area contributed by atoms with Crippen molar-refractivity contribution in [2.45, 2.75) is 19.4 Å². The molecule has 2 aromatic rings. The van der Waals surface area contributed by atoms with Gasteiger partial charge in [0.15, 0.2) is 6.10 Å². The topological polar surface area (TPSA) is 82.4 Å². The number of aryl methyl sites for hydroxylation is 1. The number of amides is 1. The van der Waals surface area contributed by atoms with Gasteiger partial charge in [-0.2, -0.15) is 5.10 Å². The maximum atomic E-state index is 12.0. The van der Waals surface area contributed by atoms with Crippen LogP contribution in [0.1, 0.15) is 22.8 Å². The SMILES string of the molecule is COc1ccc(CCNC(=O)[C@H](C)OC(=O)c2cnn(C)c2)cc1. The molecule has 2 rings (SSSR count). The standard InChI is InChI=1S/C17H21N3O4/c1-12(24-17(22)14-10-19-20(2)11-14)16(21)18-9-8-13-4-6-15(23-3)7-5-13/h4-7,10-12H,8-9H2,1-3H3,(H,18,21)/t12-/m0/s1. The molecule has 0 radical (unpaired) electrons. The van der Waals surface area contributed by atoms with Crippen LogP contribution in [0.5, 0.6) is 5.75 Å². The first kappa shape index (κ1) is 17.5. The van der Waals surface area contributed by atoms with Crippen molar-refractivity contribution in [3.63, 3.8) is 0 Å². The number of benzene rings is 1. The van der Waals surface area contributed by atoms with Crippen LogP contribution in [0.3, 0.4) is 0 Å². The van der Waals surface area contributed by atoms with E-state index in [-0.39, 0.29) is 5.91 Å². The van der Waals surface area contributed by atoms with E-state index in [4.69, 9.17) is 9.47 Å². The molecule has 0 aliphatic rings. The largest absolute Gasteiger partial charge is 0.497 e. The van der Waals surface area contributed by atoms with Gasteiger partial charge in [0, 0.05) is 19.8 Å². The molecule has 0 saturated heterocycles. The number of rotatable bonds is 7. The van der Waals surface area contributed by atoms with Crippen LogP contribution < -0.4 is 10.1 Å². The molecule has 0 aliphatic heterocycles. The van der Waals surface area contributed by atoms with E-state index in [1.807, 2.05) is 24.3 Å². The smallest absolute Gasteiger partial charge is 0.342 e. The fraction of sp³-hybridized carbons (Fsp3) is 0.353. The van der Waals surface area contributed by atoms with E-state index in [2.05, 4.69) is 10.4 Å². The summed E-state index contributed by atoms with van der Waals surface area (Å²) in [4.78, 5) is 23.8. The summed E-state index contributed by atoms with van der Waals surface area (Å²) in [5.74, 6) is -0.111. The van der Waals surface area contributed by atoms with Crippen molar-refractivity contribution in [1.29, 1.82) is 0 Å². The van der Waals surface area contributed by atoms with Gasteiger partial charge in [-0.3, -0.25) is 9.48 Å². The molecule has 1 aromatic heterocycles. The Kier molecular flexibility index (Phi) is 5.95. The van der Waals surface area contributed by atoms with Crippen LogP contribution in [0.4, 0.5) is 0 Å². The number of nitrogens with one attached hydrogen (secondary N) is 1. The second kappa shape index (κ2) is 8.14. The molecule has 0 aliphatic carbocycles. The third-order valence-electron chi connectivity index (χ3n) is 3.47. The van der Waals surface area contributed by atoms with Crippen LogP contribution >= 0.6 is 0 Å². The molecule has 1 amide bonds. The first-order valence-electron chi connectivity index (χ1n) is 7.60. The van der Waals surface area contributed by atoms with Crippen LogP contribution in [0, 0.1) is 0 Å². The van der Waals surface area contributed by atoms with Crippen LogP contribution in [0.25, 0.3) is 0 Å². The summed E-state index contributed by atoms with van der Waals surface area (Å²) in [6.07, 6.45) is 2.75. The van der Waals surface area contributed by atoms with Gasteiger partial charge in [-0.15, -0.1) is 0 Å². The highest BCUT2D eigenvalue weighted by Crippen LogP contribution is 2.11. The second-order valence-electron chi connectivity index (χ2n) is 5.34. The number of hydrogen-bond donors (Lipinski definition) is 1. The zero-order chi connectivity index (χ0) is 17.5. The number of aromatic nitrogens is 2. The second-order valence-corrected chi connectivity index (χ2v) is 5.34. The maximum absolute atomic E-state index is 12.0. The average Bonchev–Trinajstić information content (AvgIpc) is 3.02. The molecular formula is C17H21N3O4. The van der Waals surface area contributed by atoms with Crippen molar-refractivity contribution in [3.8, 4) is 5.75 Å². The van der Waals surface area contributed by atoms with E-state index < -0.39 is 12.1 Å². The number of ether oxygens (including phenoxy) is 2. The lowest BCUT2D eigenvalue weighted by Gasteiger charge is -2.13. The molecule has 24 heavy (non-hydrogen) atoms. The molecule has 0 bridgehead atoms. The zero-order valence-corrected chi connectivity index (χ0v) is 14.0. The van der Waals surface area contributed by atoms with Crippen LogP contribution in [-0.4, -0.2) is 41.4 Å². The Morgan fingerprint density at radius 2 is 2.00 bits per heavy atom. The molecule has 1 aromatic carbocycles. The molecule has 0 unspecified atom stereocenters. The Balaban J connectivity index is 1.75. The summed E-state index contributed by atoms with van der Waals surface area (Å²) in [5.41, 5.74) is 1.39. The third-order valence-corrected chi connectivity index (χ3v) is 3.47. The van der Waals surface area contributed by atoms with Gasteiger partial charge < -0.3 is 14.8 Å². The highest BCUT2D eigenvalue weighted by Gasteiger charge is 2.19. The molecule has 1 heterocycles. The van der Waals surface area contributed by atoms with Gasteiger partial charge in [0.05, 0.1) is 18.9 Å². The summed E-state index contributed by atoms with van der Waals surface area (Å²) >= 11 is 0. The van der Waals surface area contributed by atoms with Gasteiger partial charge in [0.1, 0.15) is 5.75 Å². The molecular weight excluding hydrogens is 310 g/mol. The normalized spacial score (nSPS) is 11.6. The summed E-state index contributed by atoms with van der Waals surface area (Å²) in [5, 5.41) is 6.64. The van der Waals surface area contributed by atoms with E-state index in [9.17, 15) is 9.59 Å². The minimum Gasteiger partial charge on any atom is -0.497 e. The van der Waals surface area contributed by atoms with E-state index >= 15 is 0 Å². The number of hydrogen-bond acceptors (Lipinski definition) is 5. The maximum Gasteiger partial charge on any atom is 0.342 e. The van der Waals surface area contributed by atoms with Gasteiger partial charge in [-0.1, -0.05) is 12.1 Å². The lowest BCUT2D eigenvalue weighted by Crippen LogP contribution is -2.36. The molecule has 7 nitrogen and oxygen atoms in total. The highest BCUT2D eigenvalue weighted by molar-refractivity contribution is 5.91. The Hall–Kier alpha value is -2.83. The fourth-order valence-corrected chi connectivity index (χ4v) is 2.07. The first-order valence-corrected chi connectivity index (χ1v) is 7.60. The first-order chi connectivity index (χ1) is 11.5. The molecule has 1 N–H and O–H groups in total. The van der Waals surface area contributed by atoms with E-state index in [0.29, 0.717) is 18.5 Å². The van der Waals surface area contributed by atoms with E-state index in [1.165, 1.54) is 24.0 Å². The van der Waals surface area contributed by atoms with Crippen molar-refractivity contribution in [2.24, 2.45) is 7.05 Å². The number of esters is 1. The van der Waals surface area contributed by atoms with Crippen LogP contribution in [0.2, 0.25) is 0 Å². The van der Waals surface area contributed by atoms with Gasteiger partial charge in [-0.05, 0) is 31.0 Å². The average molecular weight is 331 g/mol. The number of carbonyl (C=O) groups excluding carboxylic acids is 2. The van der Waals surface area contributed by atoms with Gasteiger partial charge >= 0.3 is 5.97 Å². The zero-order valence-electron chi connectivity index (χ0n) is 14.0. The fourth-order valence-electron chi connectivity index (χ4n) is 2.07. The summed E-state index contributed by atoms with van der Waals surface area (Å²) < 4.78 is 11.7. The number of methoxy groups -OCH3 is 1. The lowest BCUT2D eigenvalue weighted by atomic mass is 10.1. The Bertz CT molecular complexity index is 694. The van der Waals surface area contributed by atoms with Gasteiger partial charge in [0.25, 0.3) is 5.91 Å². The monoisotopic (exact) mass is 331 g/mol. The Morgan fingerprint density at radius 3 is 2.58 bits per heavy atom. The minimum absolute atomic E-state index is 0.315. The van der Waals surface area contributed by atoms with E-state index in [1.54, 1.807) is 14.2 Å². The molecule has 0 spiro atoms. The van der Waals surface area contributed by atoms with Crippen LogP contribution in [0.15, 0.2) is 36.7 Å². The molecule has 0 saturated carbocycles. The Morgan fingerprint density at radius 1 is 1.29 bits per heavy atom. The summed E-state index contributed by atoms with van der Waals surface area (Å²) in [7, 11) is 3.31. The highest BCUT2D eigenvalue weighted by atomic mass is 16.5. The van der Waals surface area contributed by atoms with E-state index in [0.717, 1.165) is 11.3 Å². The lowest BCUT2D eigenvalue weighted by molar-refractivity contribution is -0.129. The molecule has 7 heteroatoms. The third kappa shape index (κ3) is 4.84. The predicted octanol–water partition coefficient (Wildman–Crippen LogP) is 1.33. The van der Waals surface area contributed by atoms with Gasteiger partial charge in [-0.25, -0.2) is 4.79 Å². The van der Waals surface area contributed by atoms with Gasteiger partial charge in [0.2, 0.25) is 0 Å². The van der Waals surface area contributed by atoms with Crippen LogP contribution in [-0.2, 0) is 23.0 Å². The number of carbonyl (C=O) groups is 2. The summed E-state index contributed by atoms with van der Waals surface area (Å²) in [6, 6.07) is 7.62. The van der Waals surface area contributed by atoms with Crippen molar-refractivity contribution < 1.29 is 19.1 Å². The minimum atomic E-state index is -0.867. The molecule has 1 atom stereocenters. The van der Waals surface area contributed by atoms with Crippen molar-refractivity contribution in [2.75, 3.05) is 13.7 Å². The number of nitrogens with zero attached hydrogens (tertiary/aromatic N) is 2. The quantitative estimate of drug-likeness (QED) is 0.774. The predicted molar refractivity (Wildman–Crippen MR) is 87.8 cm³/mol. The van der Waals surface area contributed by atoms with Crippen molar-refractivity contribution >= 4 is 11.9 Å².